The highest BCUT2D eigenvalue weighted by atomic mass is 32.1. The van der Waals surface area contributed by atoms with Gasteiger partial charge in [0.15, 0.2) is 0 Å². The molecule has 0 spiro atoms. The standard InChI is InChI=1S/C18H21FN4OS/c1-11(20-3)9-21-17(24)16-8-15-12(2)22-23(18(15)25-16)10-13-4-6-14(19)7-5-13/h4-8,11,20H,9-10H2,1-3H3,(H,21,24). The zero-order valence-corrected chi connectivity index (χ0v) is 15.3. The predicted octanol–water partition coefficient (Wildman–Crippen LogP) is 2.93. The molecule has 0 saturated heterocycles. The van der Waals surface area contributed by atoms with Gasteiger partial charge in [-0.05, 0) is 44.7 Å². The van der Waals surface area contributed by atoms with Gasteiger partial charge in [0.25, 0.3) is 5.91 Å². The normalized spacial score (nSPS) is 12.5. The Kier molecular flexibility index (Phi) is 5.15. The lowest BCUT2D eigenvalue weighted by molar-refractivity contribution is 0.0954. The number of nitrogens with zero attached hydrogens (tertiary/aromatic N) is 2. The van der Waals surface area contributed by atoms with E-state index in [1.54, 1.807) is 12.1 Å². The first kappa shape index (κ1) is 17.6. The number of nitrogens with one attached hydrogen (secondary N) is 2. The second-order valence-electron chi connectivity index (χ2n) is 6.10. The van der Waals surface area contributed by atoms with Gasteiger partial charge in [0.05, 0.1) is 17.1 Å². The number of carbonyl (C=O) groups excluding carboxylic acids is 1. The molecule has 0 saturated carbocycles. The van der Waals surface area contributed by atoms with Crippen molar-refractivity contribution in [2.75, 3.05) is 13.6 Å². The van der Waals surface area contributed by atoms with Crippen molar-refractivity contribution in [3.05, 3.63) is 52.3 Å². The molecule has 1 unspecified atom stereocenters. The average molecular weight is 360 g/mol. The summed E-state index contributed by atoms with van der Waals surface area (Å²) in [6.45, 7) is 5.06. The van der Waals surface area contributed by atoms with Crippen molar-refractivity contribution in [2.45, 2.75) is 26.4 Å². The van der Waals surface area contributed by atoms with Crippen LogP contribution >= 0.6 is 11.3 Å². The number of aryl methyl sites for hydroxylation is 1. The summed E-state index contributed by atoms with van der Waals surface area (Å²) in [5, 5.41) is 11.6. The Morgan fingerprint density at radius 1 is 1.36 bits per heavy atom. The van der Waals surface area contributed by atoms with Crippen LogP contribution in [0, 0.1) is 12.7 Å². The van der Waals surface area contributed by atoms with E-state index in [9.17, 15) is 9.18 Å². The van der Waals surface area contributed by atoms with Gasteiger partial charge in [0, 0.05) is 18.0 Å². The molecular weight excluding hydrogens is 339 g/mol. The molecule has 0 aliphatic carbocycles. The summed E-state index contributed by atoms with van der Waals surface area (Å²) in [4.78, 5) is 14.0. The van der Waals surface area contributed by atoms with Crippen molar-refractivity contribution in [3.8, 4) is 0 Å². The number of halogens is 1. The van der Waals surface area contributed by atoms with Gasteiger partial charge in [-0.2, -0.15) is 5.10 Å². The molecule has 0 aliphatic heterocycles. The van der Waals surface area contributed by atoms with Crippen LogP contribution in [0.5, 0.6) is 0 Å². The van der Waals surface area contributed by atoms with Crippen LogP contribution in [0.3, 0.4) is 0 Å². The van der Waals surface area contributed by atoms with Gasteiger partial charge in [0.1, 0.15) is 10.6 Å². The molecule has 7 heteroatoms. The maximum absolute atomic E-state index is 13.1. The molecule has 2 heterocycles. The van der Waals surface area contributed by atoms with Gasteiger partial charge in [-0.1, -0.05) is 12.1 Å². The summed E-state index contributed by atoms with van der Waals surface area (Å²) in [6.07, 6.45) is 0. The molecule has 132 valence electrons. The first-order valence-corrected chi connectivity index (χ1v) is 8.96. The van der Waals surface area contributed by atoms with Gasteiger partial charge < -0.3 is 10.6 Å². The summed E-state index contributed by atoms with van der Waals surface area (Å²) in [6, 6.07) is 8.49. The number of thiophene rings is 1. The van der Waals surface area contributed by atoms with E-state index in [-0.39, 0.29) is 17.8 Å². The van der Waals surface area contributed by atoms with Gasteiger partial charge in [0.2, 0.25) is 0 Å². The Hall–Kier alpha value is -2.25. The monoisotopic (exact) mass is 360 g/mol. The highest BCUT2D eigenvalue weighted by Crippen LogP contribution is 2.28. The minimum atomic E-state index is -0.253. The number of fused-ring (bicyclic) bond motifs is 1. The highest BCUT2D eigenvalue weighted by Gasteiger charge is 2.16. The lowest BCUT2D eigenvalue weighted by atomic mass is 10.2. The molecule has 25 heavy (non-hydrogen) atoms. The van der Waals surface area contributed by atoms with Gasteiger partial charge in [-0.25, -0.2) is 4.39 Å². The molecule has 0 aliphatic rings. The fourth-order valence-corrected chi connectivity index (χ4v) is 3.61. The number of hydrogen-bond donors (Lipinski definition) is 2. The molecule has 1 atom stereocenters. The largest absolute Gasteiger partial charge is 0.350 e. The van der Waals surface area contributed by atoms with E-state index in [0.717, 1.165) is 21.5 Å². The Bertz CT molecular complexity index is 885. The number of carbonyl (C=O) groups is 1. The van der Waals surface area contributed by atoms with Gasteiger partial charge in [-0.3, -0.25) is 9.48 Å². The molecule has 3 rings (SSSR count). The summed E-state index contributed by atoms with van der Waals surface area (Å²) in [7, 11) is 1.86. The van der Waals surface area contributed by atoms with E-state index in [4.69, 9.17) is 0 Å². The quantitative estimate of drug-likeness (QED) is 0.711. The third kappa shape index (κ3) is 3.88. The van der Waals surface area contributed by atoms with Crippen LogP contribution in [0.1, 0.15) is 27.9 Å². The van der Waals surface area contributed by atoms with E-state index >= 15 is 0 Å². The molecule has 0 fully saturated rings. The second kappa shape index (κ2) is 7.33. The number of benzene rings is 1. The smallest absolute Gasteiger partial charge is 0.261 e. The van der Waals surface area contributed by atoms with Crippen molar-refractivity contribution in [3.63, 3.8) is 0 Å². The number of amides is 1. The first-order chi connectivity index (χ1) is 12.0. The molecule has 1 amide bonds. The maximum atomic E-state index is 13.1. The highest BCUT2D eigenvalue weighted by molar-refractivity contribution is 7.20. The molecular formula is C18H21FN4OS. The van der Waals surface area contributed by atoms with Crippen molar-refractivity contribution >= 4 is 27.5 Å². The van der Waals surface area contributed by atoms with Crippen LogP contribution in [-0.2, 0) is 6.54 Å². The molecule has 0 bridgehead atoms. The van der Waals surface area contributed by atoms with Crippen LogP contribution in [0.4, 0.5) is 4.39 Å². The molecule has 0 radical (unpaired) electrons. The Morgan fingerprint density at radius 3 is 2.76 bits per heavy atom. The van der Waals surface area contributed by atoms with Crippen LogP contribution < -0.4 is 10.6 Å². The predicted molar refractivity (Wildman–Crippen MR) is 98.7 cm³/mol. The SMILES string of the molecule is CNC(C)CNC(=O)c1cc2c(C)nn(Cc3ccc(F)cc3)c2s1. The Labute approximate surface area is 149 Å². The number of hydrogen-bond acceptors (Lipinski definition) is 4. The topological polar surface area (TPSA) is 58.9 Å². The van der Waals surface area contributed by atoms with Gasteiger partial charge >= 0.3 is 0 Å². The zero-order chi connectivity index (χ0) is 18.0. The van der Waals surface area contributed by atoms with Gasteiger partial charge in [-0.15, -0.1) is 11.3 Å². The first-order valence-electron chi connectivity index (χ1n) is 8.14. The fraction of sp³-hybridized carbons (Fsp3) is 0.333. The van der Waals surface area contributed by atoms with Crippen LogP contribution in [0.2, 0.25) is 0 Å². The zero-order valence-electron chi connectivity index (χ0n) is 14.5. The summed E-state index contributed by atoms with van der Waals surface area (Å²) >= 11 is 1.43. The number of rotatable bonds is 6. The summed E-state index contributed by atoms with van der Waals surface area (Å²) in [5.41, 5.74) is 1.85. The van der Waals surface area contributed by atoms with Crippen LogP contribution in [-0.4, -0.2) is 35.3 Å². The van der Waals surface area contributed by atoms with E-state index in [1.807, 2.05) is 31.6 Å². The minimum Gasteiger partial charge on any atom is -0.350 e. The average Bonchev–Trinajstić information content (AvgIpc) is 3.16. The molecule has 5 nitrogen and oxygen atoms in total. The third-order valence-electron chi connectivity index (χ3n) is 4.14. The lowest BCUT2D eigenvalue weighted by Crippen LogP contribution is -2.36. The third-order valence-corrected chi connectivity index (χ3v) is 5.29. The molecule has 1 aromatic carbocycles. The Balaban J connectivity index is 1.82. The van der Waals surface area contributed by atoms with E-state index in [2.05, 4.69) is 15.7 Å². The van der Waals surface area contributed by atoms with Crippen LogP contribution in [0.25, 0.3) is 10.2 Å². The maximum Gasteiger partial charge on any atom is 0.261 e. The number of aromatic nitrogens is 2. The van der Waals surface area contributed by atoms with E-state index in [1.165, 1.54) is 23.5 Å². The van der Waals surface area contributed by atoms with Crippen molar-refractivity contribution in [1.29, 1.82) is 0 Å². The molecule has 2 aromatic heterocycles. The number of likely N-dealkylation sites (N-methyl/N-ethyl adjacent to an activating group) is 1. The molecule has 3 aromatic rings. The fourth-order valence-electron chi connectivity index (χ4n) is 2.53. The Morgan fingerprint density at radius 2 is 2.08 bits per heavy atom. The van der Waals surface area contributed by atoms with Crippen LogP contribution in [0.15, 0.2) is 30.3 Å². The van der Waals surface area contributed by atoms with Crippen molar-refractivity contribution < 1.29 is 9.18 Å². The summed E-state index contributed by atoms with van der Waals surface area (Å²) < 4.78 is 14.9. The van der Waals surface area contributed by atoms with Crippen molar-refractivity contribution in [1.82, 2.24) is 20.4 Å². The lowest BCUT2D eigenvalue weighted by Gasteiger charge is -2.10. The second-order valence-corrected chi connectivity index (χ2v) is 7.13. The van der Waals surface area contributed by atoms with E-state index < -0.39 is 0 Å². The van der Waals surface area contributed by atoms with Crippen molar-refractivity contribution in [2.24, 2.45) is 0 Å². The van der Waals surface area contributed by atoms with E-state index in [0.29, 0.717) is 18.0 Å². The molecule has 2 N–H and O–H groups in total. The summed E-state index contributed by atoms with van der Waals surface area (Å²) in [5.74, 6) is -0.326. The minimum absolute atomic E-state index is 0.0731.